The van der Waals surface area contributed by atoms with Gasteiger partial charge in [-0.1, -0.05) is 0 Å². The van der Waals surface area contributed by atoms with Gasteiger partial charge in [-0.2, -0.15) is 0 Å². The lowest BCUT2D eigenvalue weighted by Crippen LogP contribution is -2.28. The van der Waals surface area contributed by atoms with Crippen molar-refractivity contribution in [2.24, 2.45) is 0 Å². The second-order valence-electron chi connectivity index (χ2n) is 4.82. The highest BCUT2D eigenvalue weighted by molar-refractivity contribution is 5.65. The van der Waals surface area contributed by atoms with E-state index in [9.17, 15) is 0 Å². The Hall–Kier alpha value is -1.29. The number of hydrogen-bond acceptors (Lipinski definition) is 4. The van der Waals surface area contributed by atoms with Gasteiger partial charge >= 0.3 is 0 Å². The summed E-state index contributed by atoms with van der Waals surface area (Å²) in [5.74, 6) is 0. The predicted molar refractivity (Wildman–Crippen MR) is 67.6 cm³/mol. The molecule has 0 aliphatic rings. The Kier molecular flexibility index (Phi) is 4.12. The van der Waals surface area contributed by atoms with Gasteiger partial charge in [0.1, 0.15) is 0 Å². The van der Waals surface area contributed by atoms with Gasteiger partial charge in [0, 0.05) is 19.8 Å². The Labute approximate surface area is 97.4 Å². The second-order valence-corrected chi connectivity index (χ2v) is 4.82. The number of pyridine rings is 1. The summed E-state index contributed by atoms with van der Waals surface area (Å²) < 4.78 is 5.66. The van der Waals surface area contributed by atoms with Crippen LogP contribution in [-0.2, 0) is 4.74 Å². The van der Waals surface area contributed by atoms with Crippen molar-refractivity contribution in [2.45, 2.75) is 26.4 Å². The zero-order valence-electron chi connectivity index (χ0n) is 10.5. The van der Waals surface area contributed by atoms with E-state index in [4.69, 9.17) is 10.5 Å². The van der Waals surface area contributed by atoms with E-state index in [0.717, 1.165) is 12.2 Å². The van der Waals surface area contributed by atoms with Gasteiger partial charge in [-0.15, -0.1) is 0 Å². The van der Waals surface area contributed by atoms with Crippen LogP contribution in [0, 0.1) is 0 Å². The Morgan fingerprint density at radius 1 is 1.44 bits per heavy atom. The molecular formula is C12H21N3O. The molecule has 0 bridgehead atoms. The summed E-state index contributed by atoms with van der Waals surface area (Å²) >= 11 is 0. The third kappa shape index (κ3) is 4.06. The topological polar surface area (TPSA) is 51.4 Å². The summed E-state index contributed by atoms with van der Waals surface area (Å²) in [6.45, 7) is 7.64. The minimum absolute atomic E-state index is 0.0926. The second kappa shape index (κ2) is 5.16. The molecule has 0 aliphatic carbocycles. The van der Waals surface area contributed by atoms with Crippen molar-refractivity contribution >= 4 is 11.4 Å². The highest BCUT2D eigenvalue weighted by Gasteiger charge is 2.11. The lowest BCUT2D eigenvalue weighted by molar-refractivity contribution is 0.00169. The third-order valence-electron chi connectivity index (χ3n) is 2.20. The number of nitrogen functional groups attached to an aromatic ring is 1. The lowest BCUT2D eigenvalue weighted by Gasteiger charge is -2.24. The molecule has 0 aliphatic heterocycles. The molecule has 1 heterocycles. The third-order valence-corrected chi connectivity index (χ3v) is 2.20. The summed E-state index contributed by atoms with van der Waals surface area (Å²) in [4.78, 5) is 6.04. The molecule has 0 spiro atoms. The average molecular weight is 223 g/mol. The average Bonchev–Trinajstić information content (AvgIpc) is 2.16. The van der Waals surface area contributed by atoms with Crippen molar-refractivity contribution in [3.8, 4) is 0 Å². The number of likely N-dealkylation sites (N-methyl/N-ethyl adjacent to an activating group) is 1. The van der Waals surface area contributed by atoms with Crippen molar-refractivity contribution in [1.29, 1.82) is 0 Å². The van der Waals surface area contributed by atoms with Gasteiger partial charge in [-0.25, -0.2) is 0 Å². The molecule has 0 aromatic carbocycles. The number of aromatic nitrogens is 1. The molecule has 0 saturated carbocycles. The van der Waals surface area contributed by atoms with Gasteiger partial charge in [-0.3, -0.25) is 4.98 Å². The molecule has 4 nitrogen and oxygen atoms in total. The van der Waals surface area contributed by atoms with Gasteiger partial charge in [0.15, 0.2) is 0 Å². The molecule has 1 aromatic heterocycles. The first-order valence-electron chi connectivity index (χ1n) is 5.45. The highest BCUT2D eigenvalue weighted by Crippen LogP contribution is 2.19. The van der Waals surface area contributed by atoms with E-state index in [1.807, 2.05) is 33.9 Å². The van der Waals surface area contributed by atoms with Crippen LogP contribution in [0.1, 0.15) is 20.8 Å². The summed E-state index contributed by atoms with van der Waals surface area (Å²) in [6.07, 6.45) is 3.41. The van der Waals surface area contributed by atoms with E-state index in [1.165, 1.54) is 0 Å². The first kappa shape index (κ1) is 12.8. The number of nitrogens with zero attached hydrogens (tertiary/aromatic N) is 2. The van der Waals surface area contributed by atoms with Crippen molar-refractivity contribution in [1.82, 2.24) is 4.98 Å². The maximum atomic E-state index is 5.83. The molecule has 1 aromatic rings. The van der Waals surface area contributed by atoms with Crippen LogP contribution in [0.4, 0.5) is 11.4 Å². The quantitative estimate of drug-likeness (QED) is 0.847. The molecular weight excluding hydrogens is 202 g/mol. The number of rotatable bonds is 4. The maximum absolute atomic E-state index is 5.83. The Balaban J connectivity index is 2.47. The number of ether oxygens (including phenoxy) is 1. The fourth-order valence-electron chi connectivity index (χ4n) is 1.36. The first-order chi connectivity index (χ1) is 7.40. The molecule has 0 amide bonds. The highest BCUT2D eigenvalue weighted by atomic mass is 16.5. The fourth-order valence-corrected chi connectivity index (χ4v) is 1.36. The van der Waals surface area contributed by atoms with Crippen molar-refractivity contribution in [3.63, 3.8) is 0 Å². The largest absolute Gasteiger partial charge is 0.396 e. The normalized spacial score (nSPS) is 11.5. The Morgan fingerprint density at radius 2 is 2.12 bits per heavy atom. The van der Waals surface area contributed by atoms with Gasteiger partial charge < -0.3 is 15.4 Å². The van der Waals surface area contributed by atoms with Gasteiger partial charge in [0.2, 0.25) is 0 Å². The molecule has 0 saturated heterocycles. The smallest absolute Gasteiger partial charge is 0.0738 e. The minimum Gasteiger partial charge on any atom is -0.396 e. The van der Waals surface area contributed by atoms with Gasteiger partial charge in [0.05, 0.1) is 29.8 Å². The molecule has 0 atom stereocenters. The molecule has 4 heteroatoms. The Morgan fingerprint density at radius 3 is 2.69 bits per heavy atom. The number of anilines is 2. The van der Waals surface area contributed by atoms with Crippen molar-refractivity contribution in [3.05, 3.63) is 18.5 Å². The fraction of sp³-hybridized carbons (Fsp3) is 0.583. The number of hydrogen-bond donors (Lipinski definition) is 1. The maximum Gasteiger partial charge on any atom is 0.0738 e. The van der Waals surface area contributed by atoms with Crippen LogP contribution >= 0.6 is 0 Å². The van der Waals surface area contributed by atoms with Crippen LogP contribution in [0.15, 0.2) is 18.5 Å². The summed E-state index contributed by atoms with van der Waals surface area (Å²) in [5, 5.41) is 0. The van der Waals surface area contributed by atoms with E-state index >= 15 is 0 Å². The SMILES string of the molecule is CN(CCOC(C)(C)C)c1ccncc1N. The molecule has 1 rings (SSSR count). The molecule has 0 radical (unpaired) electrons. The molecule has 2 N–H and O–H groups in total. The van der Waals surface area contributed by atoms with E-state index in [-0.39, 0.29) is 5.60 Å². The van der Waals surface area contributed by atoms with Crippen LogP contribution in [-0.4, -0.2) is 30.8 Å². The van der Waals surface area contributed by atoms with Crippen LogP contribution in [0.25, 0.3) is 0 Å². The van der Waals surface area contributed by atoms with E-state index in [2.05, 4.69) is 9.88 Å². The van der Waals surface area contributed by atoms with Crippen LogP contribution < -0.4 is 10.6 Å². The minimum atomic E-state index is -0.0926. The Bertz CT molecular complexity index is 333. The zero-order valence-corrected chi connectivity index (χ0v) is 10.5. The molecule has 0 unspecified atom stereocenters. The monoisotopic (exact) mass is 223 g/mol. The molecule has 16 heavy (non-hydrogen) atoms. The van der Waals surface area contributed by atoms with Crippen molar-refractivity contribution < 1.29 is 4.74 Å². The van der Waals surface area contributed by atoms with E-state index in [1.54, 1.807) is 12.4 Å². The predicted octanol–water partition coefficient (Wildman–Crippen LogP) is 1.92. The van der Waals surface area contributed by atoms with E-state index < -0.39 is 0 Å². The van der Waals surface area contributed by atoms with Crippen molar-refractivity contribution in [2.75, 3.05) is 30.8 Å². The van der Waals surface area contributed by atoms with Crippen LogP contribution in [0.3, 0.4) is 0 Å². The van der Waals surface area contributed by atoms with Gasteiger partial charge in [0.25, 0.3) is 0 Å². The number of nitrogens with two attached hydrogens (primary N) is 1. The van der Waals surface area contributed by atoms with Crippen LogP contribution in [0.5, 0.6) is 0 Å². The lowest BCUT2D eigenvalue weighted by atomic mass is 10.2. The summed E-state index contributed by atoms with van der Waals surface area (Å²) in [6, 6.07) is 1.91. The molecule has 0 fully saturated rings. The van der Waals surface area contributed by atoms with Gasteiger partial charge in [-0.05, 0) is 26.8 Å². The van der Waals surface area contributed by atoms with Crippen LogP contribution in [0.2, 0.25) is 0 Å². The molecule has 90 valence electrons. The summed E-state index contributed by atoms with van der Waals surface area (Å²) in [5.41, 5.74) is 7.43. The zero-order chi connectivity index (χ0) is 12.2. The first-order valence-corrected chi connectivity index (χ1v) is 5.45. The standard InChI is InChI=1S/C12H21N3O/c1-12(2,3)16-8-7-15(4)11-5-6-14-9-10(11)13/h5-6,9H,7-8,13H2,1-4H3. The summed E-state index contributed by atoms with van der Waals surface area (Å²) in [7, 11) is 2.00. The van der Waals surface area contributed by atoms with E-state index in [0.29, 0.717) is 12.3 Å².